The maximum absolute atomic E-state index is 14.5. The van der Waals surface area contributed by atoms with Gasteiger partial charge in [0.05, 0.1) is 42.7 Å². The van der Waals surface area contributed by atoms with Crippen LogP contribution in [0.3, 0.4) is 0 Å². The number of methoxy groups -OCH3 is 1. The first kappa shape index (κ1) is 46.3. The Kier molecular flexibility index (Phi) is 14.2. The molecule has 4 heterocycles. The van der Waals surface area contributed by atoms with E-state index in [0.29, 0.717) is 63.8 Å². The number of aliphatic hydroxyl groups excluding tert-OH is 1. The fourth-order valence-corrected chi connectivity index (χ4v) is 10.1. The van der Waals surface area contributed by atoms with Crippen molar-refractivity contribution in [3.05, 3.63) is 30.5 Å². The van der Waals surface area contributed by atoms with Gasteiger partial charge >= 0.3 is 12.1 Å². The summed E-state index contributed by atoms with van der Waals surface area (Å²) in [5, 5.41) is 33.2. The van der Waals surface area contributed by atoms with Gasteiger partial charge in [-0.2, -0.15) is 5.26 Å². The number of ether oxygens (including phenoxy) is 5. The highest BCUT2D eigenvalue weighted by Gasteiger charge is 2.81. The van der Waals surface area contributed by atoms with Gasteiger partial charge in [-0.25, -0.2) is 4.79 Å². The van der Waals surface area contributed by atoms with Crippen LogP contribution in [0.25, 0.3) is 11.3 Å². The molecule has 4 fully saturated rings. The molecule has 0 bridgehead atoms. The second-order valence-corrected chi connectivity index (χ2v) is 18.2. The standard InChI is InChI=1S/C44H66N8O9/c1-10-43-25-44(43)37(52(41(56)61-44)18-12-11-17-51-24-33(48-49-51)31-14-13-15-32(46)21-31)30(6)47-23-26(2)22-42(7,57-9)38(28(4)35(53)29(5)39(55)60-43)59-40-36(54)34(20-27(3)58-40)50(8)19-16-45/h13-15,21,24,26-30,34,36-38,40,47,54H,10-12,17-20,22-23,25,46H2,1-9H3/t26-,27?,28+,29-,30-,34?,36?,37-,38-,40+,42-,43+,44+/m1/s1. The highest BCUT2D eigenvalue weighted by atomic mass is 16.7. The van der Waals surface area contributed by atoms with Gasteiger partial charge in [-0.1, -0.05) is 38.1 Å². The number of nitrogens with zero attached hydrogens (tertiary/aromatic N) is 6. The highest BCUT2D eigenvalue weighted by molar-refractivity contribution is 6.00. The molecule has 17 nitrogen and oxygen atoms in total. The van der Waals surface area contributed by atoms with Gasteiger partial charge in [-0.15, -0.1) is 5.10 Å². The van der Waals surface area contributed by atoms with Crippen molar-refractivity contribution >= 4 is 23.5 Å². The van der Waals surface area contributed by atoms with Gasteiger partial charge in [0.15, 0.2) is 23.3 Å². The lowest BCUT2D eigenvalue weighted by Gasteiger charge is -2.47. The molecule has 3 unspecified atom stereocenters. The lowest BCUT2D eigenvalue weighted by Crippen LogP contribution is -2.59. The molecule has 1 spiro atoms. The molecule has 1 saturated carbocycles. The third-order valence-electron chi connectivity index (χ3n) is 13.7. The van der Waals surface area contributed by atoms with Gasteiger partial charge < -0.3 is 39.8 Å². The number of carbonyl (C=O) groups excluding carboxylic acids is 3. The van der Waals surface area contributed by atoms with E-state index < -0.39 is 77.1 Å². The van der Waals surface area contributed by atoms with Crippen molar-refractivity contribution in [2.45, 2.75) is 153 Å². The van der Waals surface area contributed by atoms with Crippen LogP contribution in [-0.2, 0) is 39.8 Å². The van der Waals surface area contributed by atoms with Crippen LogP contribution in [0.15, 0.2) is 30.5 Å². The van der Waals surface area contributed by atoms with Crippen LogP contribution in [0.2, 0.25) is 0 Å². The van der Waals surface area contributed by atoms with Crippen LogP contribution in [0.5, 0.6) is 0 Å². The van der Waals surface area contributed by atoms with Crippen LogP contribution >= 0.6 is 0 Å². The number of hydrogen-bond acceptors (Lipinski definition) is 15. The number of nitrogens with two attached hydrogens (primary N) is 1. The van der Waals surface area contributed by atoms with Crippen LogP contribution in [0.4, 0.5) is 10.5 Å². The Morgan fingerprint density at radius 2 is 1.87 bits per heavy atom. The molecule has 4 aliphatic rings. The Bertz CT molecular complexity index is 1930. The number of likely N-dealkylation sites (N-methyl/N-ethyl adjacent to an activating group) is 1. The monoisotopic (exact) mass is 850 g/mol. The van der Waals surface area contributed by atoms with E-state index in [1.807, 2.05) is 58.2 Å². The topological polar surface area (TPSA) is 217 Å². The molecule has 1 aromatic carbocycles. The first-order chi connectivity index (χ1) is 28.9. The van der Waals surface area contributed by atoms with E-state index in [4.69, 9.17) is 29.4 Å². The molecular formula is C44H66N8O9. The maximum atomic E-state index is 14.5. The number of rotatable bonds is 12. The molecule has 3 aliphatic heterocycles. The Morgan fingerprint density at radius 1 is 1.13 bits per heavy atom. The molecule has 1 aromatic heterocycles. The SMILES string of the molecule is CC[C@]12C[C@@]13OC(=O)N(CCCCn1cc(-c4cccc(N)c4)nn1)[C@@H]3[C@@H](C)NC[C@H](C)C[C@@](C)(OC)[C@H](O[C@@H]1OC(C)CC(N(C)CC#N)C1O)[C@@H](C)C(=O)[C@@H](C)C(=O)O2. The summed E-state index contributed by atoms with van der Waals surface area (Å²) in [6, 6.07) is 8.44. The van der Waals surface area contributed by atoms with Crippen molar-refractivity contribution in [2.75, 3.05) is 39.5 Å². The molecule has 336 valence electrons. The Balaban J connectivity index is 1.22. The van der Waals surface area contributed by atoms with E-state index >= 15 is 0 Å². The molecular weight excluding hydrogens is 785 g/mol. The summed E-state index contributed by atoms with van der Waals surface area (Å²) in [6.07, 6.45) is 0.837. The number of carbonyl (C=O) groups is 3. The van der Waals surface area contributed by atoms with E-state index in [1.54, 1.807) is 35.6 Å². The van der Waals surface area contributed by atoms with Crippen LogP contribution in [0.1, 0.15) is 87.0 Å². The number of amides is 1. The first-order valence-electron chi connectivity index (χ1n) is 21.8. The second kappa shape index (κ2) is 18.7. The number of aliphatic hydroxyl groups is 1. The molecule has 1 aliphatic carbocycles. The number of ketones is 1. The normalized spacial score (nSPS) is 37.2. The molecule has 3 saturated heterocycles. The number of esters is 1. The minimum atomic E-state index is -1.20. The summed E-state index contributed by atoms with van der Waals surface area (Å²) in [5.41, 5.74) is 4.89. The summed E-state index contributed by atoms with van der Waals surface area (Å²) < 4.78 is 33.5. The Hall–Kier alpha value is -4.18. The quantitative estimate of drug-likeness (QED) is 0.0907. The first-order valence-corrected chi connectivity index (χ1v) is 21.8. The zero-order valence-corrected chi connectivity index (χ0v) is 37.2. The Labute approximate surface area is 359 Å². The van der Waals surface area contributed by atoms with Gasteiger partial charge in [-0.05, 0) is 91.4 Å². The van der Waals surface area contributed by atoms with E-state index in [0.717, 1.165) is 11.3 Å². The minimum Gasteiger partial charge on any atom is -0.454 e. The summed E-state index contributed by atoms with van der Waals surface area (Å²) in [6.45, 7) is 14.6. The van der Waals surface area contributed by atoms with E-state index in [9.17, 15) is 24.8 Å². The predicted molar refractivity (Wildman–Crippen MR) is 224 cm³/mol. The molecule has 1 amide bonds. The van der Waals surface area contributed by atoms with Crippen molar-refractivity contribution in [1.29, 1.82) is 5.26 Å². The number of nitriles is 1. The van der Waals surface area contributed by atoms with Gasteiger partial charge in [-0.3, -0.25) is 24.1 Å². The molecule has 17 heteroatoms. The zero-order chi connectivity index (χ0) is 44.4. The third-order valence-corrected chi connectivity index (χ3v) is 13.7. The van der Waals surface area contributed by atoms with Crippen molar-refractivity contribution < 1.29 is 43.2 Å². The lowest BCUT2D eigenvalue weighted by molar-refractivity contribution is -0.295. The fraction of sp³-hybridized carbons (Fsp3) is 0.727. The molecule has 2 aromatic rings. The van der Waals surface area contributed by atoms with E-state index in [1.165, 1.54) is 6.92 Å². The number of nitrogen functional groups attached to an aromatic ring is 1. The van der Waals surface area contributed by atoms with Gasteiger partial charge in [0, 0.05) is 55.9 Å². The molecule has 61 heavy (non-hydrogen) atoms. The molecule has 13 atom stereocenters. The molecule has 4 N–H and O–H groups in total. The Morgan fingerprint density at radius 3 is 2.56 bits per heavy atom. The van der Waals surface area contributed by atoms with Gasteiger partial charge in [0.25, 0.3) is 0 Å². The van der Waals surface area contributed by atoms with Crippen molar-refractivity contribution in [1.82, 2.24) is 30.1 Å². The third kappa shape index (κ3) is 9.30. The summed E-state index contributed by atoms with van der Waals surface area (Å²) >= 11 is 0. The average molecular weight is 851 g/mol. The van der Waals surface area contributed by atoms with E-state index in [2.05, 4.69) is 28.6 Å². The van der Waals surface area contributed by atoms with Crippen molar-refractivity contribution in [3.8, 4) is 17.3 Å². The number of aromatic nitrogens is 3. The second-order valence-electron chi connectivity index (χ2n) is 18.2. The van der Waals surface area contributed by atoms with Crippen molar-refractivity contribution in [3.63, 3.8) is 0 Å². The van der Waals surface area contributed by atoms with Crippen LogP contribution in [-0.4, -0.2) is 141 Å². The smallest absolute Gasteiger partial charge is 0.410 e. The highest BCUT2D eigenvalue weighted by Crippen LogP contribution is 2.62. The number of nitrogens with one attached hydrogen (secondary N) is 1. The molecule has 0 radical (unpaired) electrons. The summed E-state index contributed by atoms with van der Waals surface area (Å²) in [7, 11) is 3.33. The fourth-order valence-electron chi connectivity index (χ4n) is 10.1. The number of aryl methyl sites for hydroxylation is 1. The average Bonchev–Trinajstić information content (AvgIpc) is 3.45. The largest absolute Gasteiger partial charge is 0.454 e. The number of Topliss-reactive ketones (excluding diaryl/α,β-unsaturated/α-hetero) is 1. The minimum absolute atomic E-state index is 0.0377. The van der Waals surface area contributed by atoms with Crippen molar-refractivity contribution in [2.24, 2.45) is 17.8 Å². The predicted octanol–water partition coefficient (Wildman–Crippen LogP) is 3.93. The van der Waals surface area contributed by atoms with Crippen LogP contribution < -0.4 is 11.1 Å². The number of unbranched alkanes of at least 4 members (excludes halogenated alkanes) is 1. The van der Waals surface area contributed by atoms with E-state index in [-0.39, 0.29) is 24.6 Å². The van der Waals surface area contributed by atoms with Gasteiger partial charge in [0.2, 0.25) is 0 Å². The van der Waals surface area contributed by atoms with Crippen LogP contribution in [0, 0.1) is 29.1 Å². The lowest BCUT2D eigenvalue weighted by atomic mass is 9.78. The number of hydrogen-bond donors (Lipinski definition) is 3. The number of anilines is 1. The summed E-state index contributed by atoms with van der Waals surface area (Å²) in [5.74, 6) is -3.27. The summed E-state index contributed by atoms with van der Waals surface area (Å²) in [4.78, 5) is 46.0. The van der Waals surface area contributed by atoms with Gasteiger partial charge in [0.1, 0.15) is 17.7 Å². The number of benzene rings is 1. The molecule has 6 rings (SSSR count). The maximum Gasteiger partial charge on any atom is 0.410 e. The zero-order valence-electron chi connectivity index (χ0n) is 37.2.